The van der Waals surface area contributed by atoms with Crippen molar-refractivity contribution in [1.29, 1.82) is 0 Å². The summed E-state index contributed by atoms with van der Waals surface area (Å²) in [5, 5.41) is 13.3. The topological polar surface area (TPSA) is 116 Å². The van der Waals surface area contributed by atoms with E-state index in [0.717, 1.165) is 23.2 Å². The number of aryl methyl sites for hydroxylation is 1. The van der Waals surface area contributed by atoms with E-state index in [1.54, 1.807) is 13.8 Å². The molecule has 0 aliphatic carbocycles. The minimum absolute atomic E-state index is 0.135. The molecule has 1 N–H and O–H groups in total. The third-order valence-corrected chi connectivity index (χ3v) is 4.98. The number of rotatable bonds is 5. The Morgan fingerprint density at radius 1 is 1.27 bits per heavy atom. The highest BCUT2D eigenvalue weighted by atomic mass is 35.5. The number of ketones is 1. The van der Waals surface area contributed by atoms with E-state index < -0.39 is 33.3 Å². The molecule has 0 saturated carbocycles. The van der Waals surface area contributed by atoms with Gasteiger partial charge in [-0.3, -0.25) is 4.79 Å². The molecular weight excluding hydrogens is 384 g/mol. The van der Waals surface area contributed by atoms with Crippen LogP contribution in [0.4, 0.5) is 0 Å². The molecule has 0 aliphatic rings. The number of sulfone groups is 1. The molecule has 10 heteroatoms. The van der Waals surface area contributed by atoms with Crippen molar-refractivity contribution in [1.82, 2.24) is 9.78 Å². The molecule has 1 aromatic carbocycles. The van der Waals surface area contributed by atoms with Gasteiger partial charge in [0.05, 0.1) is 27.8 Å². The van der Waals surface area contributed by atoms with E-state index in [2.05, 4.69) is 5.10 Å². The third-order valence-electron chi connectivity index (χ3n) is 3.45. The van der Waals surface area contributed by atoms with Gasteiger partial charge in [-0.2, -0.15) is 5.10 Å². The zero-order chi connectivity index (χ0) is 19.8. The van der Waals surface area contributed by atoms with Crippen LogP contribution in [-0.4, -0.2) is 47.4 Å². The van der Waals surface area contributed by atoms with E-state index >= 15 is 0 Å². The van der Waals surface area contributed by atoms with Gasteiger partial charge in [-0.25, -0.2) is 17.9 Å². The second-order valence-corrected chi connectivity index (χ2v) is 8.22. The number of halogens is 1. The summed E-state index contributed by atoms with van der Waals surface area (Å²) in [6, 6.07) is 2.29. The number of esters is 1. The van der Waals surface area contributed by atoms with Gasteiger partial charge in [0.25, 0.3) is 0 Å². The number of hydrogen-bond acceptors (Lipinski definition) is 7. The van der Waals surface area contributed by atoms with Crippen LogP contribution in [0.25, 0.3) is 0 Å². The molecule has 8 nitrogen and oxygen atoms in total. The molecule has 140 valence electrons. The zero-order valence-corrected chi connectivity index (χ0v) is 16.1. The van der Waals surface area contributed by atoms with Gasteiger partial charge in [-0.15, -0.1) is 0 Å². The van der Waals surface area contributed by atoms with Crippen molar-refractivity contribution < 1.29 is 27.9 Å². The quantitative estimate of drug-likeness (QED) is 0.602. The summed E-state index contributed by atoms with van der Waals surface area (Å²) >= 11 is 6.21. The lowest BCUT2D eigenvalue weighted by atomic mass is 10.0. The Balaban J connectivity index is 2.69. The number of nitrogens with zero attached hydrogens (tertiary/aromatic N) is 2. The van der Waals surface area contributed by atoms with Crippen molar-refractivity contribution in [3.8, 4) is 5.88 Å². The number of carbonyl (C=O) groups is 2. The molecule has 2 rings (SSSR count). The smallest absolute Gasteiger partial charge is 0.341 e. The maximum absolute atomic E-state index is 12.7. The summed E-state index contributed by atoms with van der Waals surface area (Å²) in [6.45, 7) is 3.18. The minimum atomic E-state index is -3.81. The van der Waals surface area contributed by atoms with Crippen LogP contribution >= 0.6 is 11.6 Å². The number of aromatic nitrogens is 2. The molecular formula is C16H17ClN2O6S. The van der Waals surface area contributed by atoms with Gasteiger partial charge in [-0.1, -0.05) is 11.6 Å². The Bertz CT molecular complexity index is 994. The first-order valence-corrected chi connectivity index (χ1v) is 9.71. The standard InChI is InChI=1S/C16H17ClN2O6S/c1-8(2)25-16(22)12-11(26(4,23)24)6-5-9(13(12)17)14(20)10-7-18-19(3)15(10)21/h5-8,21H,1-4H3. The minimum Gasteiger partial charge on any atom is -0.493 e. The number of aromatic hydroxyl groups is 1. The highest BCUT2D eigenvalue weighted by molar-refractivity contribution is 7.90. The van der Waals surface area contributed by atoms with E-state index in [-0.39, 0.29) is 26.9 Å². The summed E-state index contributed by atoms with van der Waals surface area (Å²) in [4.78, 5) is 24.7. The van der Waals surface area contributed by atoms with Crippen molar-refractivity contribution in [2.75, 3.05) is 6.26 Å². The summed E-state index contributed by atoms with van der Waals surface area (Å²) in [5.74, 6) is -2.06. The molecule has 0 spiro atoms. The summed E-state index contributed by atoms with van der Waals surface area (Å²) < 4.78 is 30.1. The summed E-state index contributed by atoms with van der Waals surface area (Å²) in [6.07, 6.45) is 1.54. The first-order valence-electron chi connectivity index (χ1n) is 7.44. The van der Waals surface area contributed by atoms with Crippen LogP contribution < -0.4 is 0 Å². The predicted molar refractivity (Wildman–Crippen MR) is 93.4 cm³/mol. The van der Waals surface area contributed by atoms with Crippen molar-refractivity contribution in [2.24, 2.45) is 7.05 Å². The predicted octanol–water partition coefficient (Wildman–Crippen LogP) is 1.98. The molecule has 0 aliphatic heterocycles. The zero-order valence-electron chi connectivity index (χ0n) is 14.5. The molecule has 0 atom stereocenters. The van der Waals surface area contributed by atoms with Crippen LogP contribution in [0.15, 0.2) is 23.2 Å². The van der Waals surface area contributed by atoms with Gasteiger partial charge in [0, 0.05) is 18.9 Å². The van der Waals surface area contributed by atoms with Crippen molar-refractivity contribution in [2.45, 2.75) is 24.8 Å². The Morgan fingerprint density at radius 2 is 1.88 bits per heavy atom. The molecule has 0 radical (unpaired) electrons. The van der Waals surface area contributed by atoms with Crippen LogP contribution in [-0.2, 0) is 21.6 Å². The van der Waals surface area contributed by atoms with Crippen molar-refractivity contribution in [3.63, 3.8) is 0 Å². The second-order valence-electron chi connectivity index (χ2n) is 5.86. The normalized spacial score (nSPS) is 11.6. The molecule has 0 unspecified atom stereocenters. The van der Waals surface area contributed by atoms with E-state index in [0.29, 0.717) is 0 Å². The number of ether oxygens (including phenoxy) is 1. The lowest BCUT2D eigenvalue weighted by molar-refractivity contribution is 0.0373. The average Bonchev–Trinajstić information content (AvgIpc) is 2.84. The Morgan fingerprint density at radius 3 is 2.35 bits per heavy atom. The first-order chi connectivity index (χ1) is 11.9. The highest BCUT2D eigenvalue weighted by Gasteiger charge is 2.29. The van der Waals surface area contributed by atoms with Gasteiger partial charge in [-0.05, 0) is 26.0 Å². The largest absolute Gasteiger partial charge is 0.493 e. The molecule has 0 fully saturated rings. The molecule has 26 heavy (non-hydrogen) atoms. The molecule has 1 heterocycles. The van der Waals surface area contributed by atoms with Crippen LogP contribution in [0.2, 0.25) is 5.02 Å². The van der Waals surface area contributed by atoms with E-state index in [4.69, 9.17) is 16.3 Å². The van der Waals surface area contributed by atoms with Crippen LogP contribution in [0.1, 0.15) is 40.1 Å². The SMILES string of the molecule is CC(C)OC(=O)c1c(S(C)(=O)=O)ccc(C(=O)c2cnn(C)c2O)c1Cl. The molecule has 0 saturated heterocycles. The van der Waals surface area contributed by atoms with Crippen LogP contribution in [0.5, 0.6) is 5.88 Å². The van der Waals surface area contributed by atoms with Crippen LogP contribution in [0.3, 0.4) is 0 Å². The number of benzene rings is 1. The Kier molecular flexibility index (Phi) is 5.43. The van der Waals surface area contributed by atoms with Crippen molar-refractivity contribution in [3.05, 3.63) is 40.0 Å². The van der Waals surface area contributed by atoms with Crippen LogP contribution in [0, 0.1) is 0 Å². The lowest BCUT2D eigenvalue weighted by Gasteiger charge is -2.14. The van der Waals surface area contributed by atoms with E-state index in [1.807, 2.05) is 0 Å². The molecule has 0 bridgehead atoms. The van der Waals surface area contributed by atoms with Gasteiger partial charge in [0.15, 0.2) is 9.84 Å². The second kappa shape index (κ2) is 7.08. The van der Waals surface area contributed by atoms with Gasteiger partial charge < -0.3 is 9.84 Å². The summed E-state index contributed by atoms with van der Waals surface area (Å²) in [5.41, 5.74) is -0.708. The molecule has 1 aromatic heterocycles. The van der Waals surface area contributed by atoms with E-state index in [9.17, 15) is 23.1 Å². The lowest BCUT2D eigenvalue weighted by Crippen LogP contribution is -2.17. The number of hydrogen-bond donors (Lipinski definition) is 1. The molecule has 2 aromatic rings. The van der Waals surface area contributed by atoms with Gasteiger partial charge in [0.1, 0.15) is 5.56 Å². The maximum atomic E-state index is 12.7. The average molecular weight is 401 g/mol. The highest BCUT2D eigenvalue weighted by Crippen LogP contribution is 2.31. The summed E-state index contributed by atoms with van der Waals surface area (Å²) in [7, 11) is -2.37. The Labute approximate surface area is 155 Å². The Hall–Kier alpha value is -2.39. The van der Waals surface area contributed by atoms with Crippen molar-refractivity contribution >= 4 is 33.2 Å². The monoisotopic (exact) mass is 400 g/mol. The van der Waals surface area contributed by atoms with Gasteiger partial charge in [0.2, 0.25) is 11.7 Å². The third kappa shape index (κ3) is 3.73. The molecule has 0 amide bonds. The van der Waals surface area contributed by atoms with Gasteiger partial charge >= 0.3 is 5.97 Å². The van der Waals surface area contributed by atoms with E-state index in [1.165, 1.54) is 13.1 Å². The maximum Gasteiger partial charge on any atom is 0.341 e. The first kappa shape index (κ1) is 19.9. The fraction of sp³-hybridized carbons (Fsp3) is 0.312. The number of carbonyl (C=O) groups excluding carboxylic acids is 2. The fourth-order valence-corrected chi connectivity index (χ4v) is 3.50. The fourth-order valence-electron chi connectivity index (χ4n) is 2.24.